The van der Waals surface area contributed by atoms with Crippen LogP contribution < -0.4 is 8.45 Å². The molecule has 0 N–H and O–H groups in total. The molecular weight excluding hydrogens is 376 g/mol. The molecule has 8 heteroatoms. The average molecular weight is 390 g/mol. The van der Waals surface area contributed by atoms with E-state index in [1.54, 1.807) is 0 Å². The zero-order valence-electron chi connectivity index (χ0n) is 10.7. The normalized spacial score (nSPS) is 13.5. The number of nitrogens with zero attached hydrogens (tertiary/aromatic N) is 1. The fourth-order valence-corrected chi connectivity index (χ4v) is 4.14. The number of hydrogen-bond acceptors (Lipinski definition) is 2. The number of halogens is 5. The van der Waals surface area contributed by atoms with E-state index in [1.807, 2.05) is 0 Å². The molecule has 19 heavy (non-hydrogen) atoms. The van der Waals surface area contributed by atoms with Crippen LogP contribution in [0.5, 0.6) is 5.75 Å². The third-order valence-corrected chi connectivity index (χ3v) is 7.57. The van der Waals surface area contributed by atoms with Crippen molar-refractivity contribution in [3.8, 4) is 5.75 Å². The summed E-state index contributed by atoms with van der Waals surface area (Å²) in [5.41, 5.74) is 0. The predicted octanol–water partition coefficient (Wildman–Crippen LogP) is 3.20. The first-order valence-electron chi connectivity index (χ1n) is 5.47. The van der Waals surface area contributed by atoms with Gasteiger partial charge in [0.1, 0.15) is 0 Å². The molecule has 0 aliphatic heterocycles. The number of rotatable bonds is 5. The molecule has 1 aromatic heterocycles. The van der Waals surface area contributed by atoms with Crippen molar-refractivity contribution in [2.45, 2.75) is 26.9 Å². The Kier molecular flexibility index (Phi) is 4.69. The van der Waals surface area contributed by atoms with E-state index in [9.17, 15) is 22.0 Å². The molecule has 0 aromatic carbocycles. The van der Waals surface area contributed by atoms with E-state index in [4.69, 9.17) is 0 Å². The summed E-state index contributed by atoms with van der Waals surface area (Å²) >= 11 is -2.44. The third-order valence-electron chi connectivity index (χ3n) is 2.34. The summed E-state index contributed by atoms with van der Waals surface area (Å²) in [6.45, 7) is -2.50. The number of pyridine rings is 1. The Morgan fingerprint density at radius 3 is 2.11 bits per heavy atom. The van der Waals surface area contributed by atoms with Gasteiger partial charge in [-0.15, -0.1) is 0 Å². The molecule has 2 nitrogen and oxygen atoms in total. The van der Waals surface area contributed by atoms with Crippen LogP contribution in [0.25, 0.3) is 0 Å². The van der Waals surface area contributed by atoms with Crippen LogP contribution in [0.15, 0.2) is 18.3 Å². The van der Waals surface area contributed by atoms with Crippen molar-refractivity contribution in [1.29, 1.82) is 0 Å². The van der Waals surface area contributed by atoms with E-state index in [0.717, 1.165) is 16.0 Å². The number of aromatic nitrogens is 1. The Morgan fingerprint density at radius 2 is 1.74 bits per heavy atom. The molecule has 108 valence electrons. The van der Waals surface area contributed by atoms with Crippen molar-refractivity contribution in [2.24, 2.45) is 0 Å². The Bertz CT molecular complexity index is 430. The van der Waals surface area contributed by atoms with E-state index >= 15 is 0 Å². The van der Waals surface area contributed by atoms with Gasteiger partial charge in [0, 0.05) is 0 Å². The van der Waals surface area contributed by atoms with E-state index < -0.39 is 42.8 Å². The van der Waals surface area contributed by atoms with Gasteiger partial charge >= 0.3 is 111 Å². The molecule has 0 radical (unpaired) electrons. The second kappa shape index (κ2) is 5.41. The van der Waals surface area contributed by atoms with Crippen molar-refractivity contribution < 1.29 is 26.7 Å². The molecule has 0 aliphatic carbocycles. The Hall–Kier alpha value is -0.601. The van der Waals surface area contributed by atoms with Crippen molar-refractivity contribution in [2.75, 3.05) is 6.67 Å². The Balaban J connectivity index is 2.90. The third kappa shape index (κ3) is 3.93. The zero-order chi connectivity index (χ0) is 14.9. The SMILES string of the molecule is [CH3][Sn]([CH3])([CH3])[c]1ccc(OC(F)(F)C(F)(F)CF)cn1. The van der Waals surface area contributed by atoms with Gasteiger partial charge in [-0.3, -0.25) is 0 Å². The molecule has 0 spiro atoms. The van der Waals surface area contributed by atoms with Gasteiger partial charge < -0.3 is 0 Å². The summed E-state index contributed by atoms with van der Waals surface area (Å²) in [7, 11) is 0. The first kappa shape index (κ1) is 16.5. The van der Waals surface area contributed by atoms with Crippen molar-refractivity contribution in [3.05, 3.63) is 18.3 Å². The second-order valence-electron chi connectivity index (χ2n) is 5.09. The summed E-state index contributed by atoms with van der Waals surface area (Å²) in [6, 6.07) is 2.63. The standard InChI is InChI=1S/C8H5F5NO.3CH3.Sn/c9-5-7(10,11)8(12,13)15-6-2-1-3-14-4-6;;;;/h1-2,4H,5H2;3*1H3;. The van der Waals surface area contributed by atoms with E-state index in [2.05, 4.69) is 24.5 Å². The van der Waals surface area contributed by atoms with Crippen LogP contribution in [0.1, 0.15) is 0 Å². The monoisotopic (exact) mass is 391 g/mol. The molecule has 0 atom stereocenters. The van der Waals surface area contributed by atoms with Gasteiger partial charge in [0.15, 0.2) is 0 Å². The van der Waals surface area contributed by atoms with Gasteiger partial charge in [0.2, 0.25) is 0 Å². The molecule has 0 fully saturated rings. The van der Waals surface area contributed by atoms with E-state index in [1.165, 1.54) is 6.07 Å². The summed E-state index contributed by atoms with van der Waals surface area (Å²) in [6.07, 6.45) is -3.95. The summed E-state index contributed by atoms with van der Waals surface area (Å²) in [5.74, 6) is -5.38. The quantitative estimate of drug-likeness (QED) is 0.570. The molecule has 0 unspecified atom stereocenters. The fraction of sp³-hybridized carbons (Fsp3) is 0.545. The molecule has 0 bridgehead atoms. The summed E-state index contributed by atoms with van der Waals surface area (Å²) < 4.78 is 67.8. The molecule has 0 aliphatic rings. The first-order valence-corrected chi connectivity index (χ1v) is 15.5. The molecule has 1 aromatic rings. The van der Waals surface area contributed by atoms with Crippen LogP contribution in [0, 0.1) is 0 Å². The minimum absolute atomic E-state index is 0.516. The summed E-state index contributed by atoms with van der Waals surface area (Å²) in [5, 5.41) is 0. The van der Waals surface area contributed by atoms with Crippen LogP contribution >= 0.6 is 0 Å². The molecule has 1 heterocycles. The van der Waals surface area contributed by atoms with Crippen molar-refractivity contribution in [3.63, 3.8) is 0 Å². The first-order chi connectivity index (χ1) is 8.49. The molecular formula is C11H14F5NOSn. The van der Waals surface area contributed by atoms with Crippen LogP contribution in [0.4, 0.5) is 22.0 Å². The topological polar surface area (TPSA) is 22.1 Å². The van der Waals surface area contributed by atoms with Gasteiger partial charge in [-0.1, -0.05) is 0 Å². The Labute approximate surface area is 111 Å². The second-order valence-corrected chi connectivity index (χ2v) is 19.4. The molecule has 0 saturated carbocycles. The molecule has 0 amide bonds. The van der Waals surface area contributed by atoms with Crippen molar-refractivity contribution in [1.82, 2.24) is 4.98 Å². The van der Waals surface area contributed by atoms with E-state index in [-0.39, 0.29) is 0 Å². The predicted molar refractivity (Wildman–Crippen MR) is 63.7 cm³/mol. The van der Waals surface area contributed by atoms with Gasteiger partial charge in [-0.05, 0) is 0 Å². The van der Waals surface area contributed by atoms with Gasteiger partial charge in [0.25, 0.3) is 0 Å². The van der Waals surface area contributed by atoms with Gasteiger partial charge in [-0.2, -0.15) is 0 Å². The maximum atomic E-state index is 13.0. The van der Waals surface area contributed by atoms with E-state index in [0.29, 0.717) is 0 Å². The van der Waals surface area contributed by atoms with Crippen LogP contribution in [-0.4, -0.2) is 42.1 Å². The number of ether oxygens (including phenoxy) is 1. The van der Waals surface area contributed by atoms with Crippen molar-refractivity contribution >= 4 is 22.1 Å². The van der Waals surface area contributed by atoms with Gasteiger partial charge in [0.05, 0.1) is 0 Å². The fourth-order valence-electron chi connectivity index (χ4n) is 1.18. The summed E-state index contributed by atoms with van der Waals surface area (Å²) in [4.78, 5) is 10.1. The average Bonchev–Trinajstić information content (AvgIpc) is 2.27. The number of hydrogen-bond donors (Lipinski definition) is 0. The zero-order valence-corrected chi connectivity index (χ0v) is 13.5. The molecule has 1 rings (SSSR count). The number of alkyl halides is 5. The minimum atomic E-state index is -4.91. The maximum absolute atomic E-state index is 13.0. The van der Waals surface area contributed by atoms with Crippen LogP contribution in [-0.2, 0) is 0 Å². The van der Waals surface area contributed by atoms with Crippen LogP contribution in [0.2, 0.25) is 14.8 Å². The Morgan fingerprint density at radius 1 is 1.16 bits per heavy atom. The van der Waals surface area contributed by atoms with Gasteiger partial charge in [-0.25, -0.2) is 0 Å². The molecule has 0 saturated heterocycles. The van der Waals surface area contributed by atoms with Crippen LogP contribution in [0.3, 0.4) is 0 Å².